The Labute approximate surface area is 171 Å². The quantitative estimate of drug-likeness (QED) is 0.297. The normalized spacial score (nSPS) is 10.7. The van der Waals surface area contributed by atoms with Crippen LogP contribution in [-0.2, 0) is 6.42 Å². The van der Waals surface area contributed by atoms with Crippen LogP contribution in [0.5, 0.6) is 0 Å². The summed E-state index contributed by atoms with van der Waals surface area (Å²) in [5, 5.41) is 8.10. The molecule has 0 aliphatic heterocycles. The summed E-state index contributed by atoms with van der Waals surface area (Å²) in [5.74, 6) is 0.748. The van der Waals surface area contributed by atoms with Crippen LogP contribution < -0.4 is 10.6 Å². The molecule has 146 valence electrons. The topological polar surface area (TPSA) is 52.2 Å². The number of aliphatic imine (C=N–C) groups is 1. The number of nitrogens with zero attached hydrogens (tertiary/aromatic N) is 1. The number of anilines is 2. The molecule has 0 fully saturated rings. The number of hydrogen-bond acceptors (Lipinski definition) is 1. The van der Waals surface area contributed by atoms with Crippen molar-refractivity contribution in [2.75, 3.05) is 17.2 Å². The molecular weight excluding hydrogens is 356 g/mol. The van der Waals surface area contributed by atoms with Crippen LogP contribution in [0.25, 0.3) is 10.9 Å². The van der Waals surface area contributed by atoms with Gasteiger partial charge in [0.2, 0.25) is 0 Å². The van der Waals surface area contributed by atoms with Gasteiger partial charge >= 0.3 is 0 Å². The molecule has 0 amide bonds. The van der Waals surface area contributed by atoms with Crippen LogP contribution in [0, 0.1) is 13.8 Å². The van der Waals surface area contributed by atoms with Crippen molar-refractivity contribution in [1.82, 2.24) is 4.98 Å². The van der Waals surface area contributed by atoms with Crippen molar-refractivity contribution in [3.05, 3.63) is 95.7 Å². The second-order valence-corrected chi connectivity index (χ2v) is 7.32. The average molecular weight is 383 g/mol. The number of aromatic amines is 1. The first kappa shape index (κ1) is 18.8. The average Bonchev–Trinajstić information content (AvgIpc) is 3.14. The first-order chi connectivity index (χ1) is 14.2. The van der Waals surface area contributed by atoms with Gasteiger partial charge < -0.3 is 15.6 Å². The van der Waals surface area contributed by atoms with Gasteiger partial charge in [0.05, 0.1) is 0 Å². The molecule has 29 heavy (non-hydrogen) atoms. The van der Waals surface area contributed by atoms with Crippen LogP contribution in [0.3, 0.4) is 0 Å². The SMILES string of the molecule is Cc1ccc(NC(=NCCc2c[nH]c3ccccc23)Nc2ccc(C)cc2)cc1. The number of nitrogens with one attached hydrogen (secondary N) is 3. The first-order valence-corrected chi connectivity index (χ1v) is 9.94. The molecule has 0 bridgehead atoms. The maximum atomic E-state index is 4.82. The van der Waals surface area contributed by atoms with Crippen LogP contribution in [0.4, 0.5) is 11.4 Å². The Bertz CT molecular complexity index is 1060. The number of fused-ring (bicyclic) bond motifs is 1. The first-order valence-electron chi connectivity index (χ1n) is 9.94. The third-order valence-electron chi connectivity index (χ3n) is 4.95. The molecule has 0 atom stereocenters. The third kappa shape index (κ3) is 4.85. The summed E-state index contributed by atoms with van der Waals surface area (Å²) in [6.45, 7) is 4.87. The highest BCUT2D eigenvalue weighted by Gasteiger charge is 2.05. The van der Waals surface area contributed by atoms with Gasteiger partial charge in [-0.3, -0.25) is 4.99 Å². The maximum Gasteiger partial charge on any atom is 0.200 e. The fourth-order valence-electron chi connectivity index (χ4n) is 3.28. The number of aromatic nitrogens is 1. The largest absolute Gasteiger partial charge is 0.361 e. The van der Waals surface area contributed by atoms with Crippen LogP contribution in [-0.4, -0.2) is 17.5 Å². The Hall–Kier alpha value is -3.53. The second-order valence-electron chi connectivity index (χ2n) is 7.32. The van der Waals surface area contributed by atoms with E-state index in [0.29, 0.717) is 6.54 Å². The van der Waals surface area contributed by atoms with Crippen molar-refractivity contribution in [2.45, 2.75) is 20.3 Å². The minimum absolute atomic E-state index is 0.689. The van der Waals surface area contributed by atoms with E-state index in [9.17, 15) is 0 Å². The van der Waals surface area contributed by atoms with E-state index in [1.807, 2.05) is 0 Å². The maximum absolute atomic E-state index is 4.82. The number of guanidine groups is 1. The molecule has 0 radical (unpaired) electrons. The minimum Gasteiger partial charge on any atom is -0.361 e. The Balaban J connectivity index is 1.51. The zero-order valence-electron chi connectivity index (χ0n) is 16.9. The van der Waals surface area contributed by atoms with Crippen molar-refractivity contribution in [1.29, 1.82) is 0 Å². The molecule has 4 aromatic rings. The van der Waals surface area contributed by atoms with Gasteiger partial charge in [0.25, 0.3) is 0 Å². The number of rotatable bonds is 5. The summed E-state index contributed by atoms with van der Waals surface area (Å²) in [6, 6.07) is 25.0. The highest BCUT2D eigenvalue weighted by Crippen LogP contribution is 2.18. The van der Waals surface area contributed by atoms with Gasteiger partial charge in [0.15, 0.2) is 5.96 Å². The number of hydrogen-bond donors (Lipinski definition) is 3. The monoisotopic (exact) mass is 382 g/mol. The molecule has 0 aliphatic carbocycles. The van der Waals surface area contributed by atoms with Gasteiger partial charge in [0.1, 0.15) is 0 Å². The predicted molar refractivity (Wildman–Crippen MR) is 124 cm³/mol. The van der Waals surface area contributed by atoms with E-state index < -0.39 is 0 Å². The lowest BCUT2D eigenvalue weighted by molar-refractivity contribution is 0.974. The van der Waals surface area contributed by atoms with Crippen molar-refractivity contribution in [3.63, 3.8) is 0 Å². The molecule has 4 rings (SSSR count). The summed E-state index contributed by atoms with van der Waals surface area (Å²) in [4.78, 5) is 8.16. The van der Waals surface area contributed by atoms with E-state index in [0.717, 1.165) is 23.8 Å². The molecule has 0 saturated carbocycles. The van der Waals surface area contributed by atoms with Crippen LogP contribution in [0.1, 0.15) is 16.7 Å². The van der Waals surface area contributed by atoms with Gasteiger partial charge in [-0.25, -0.2) is 0 Å². The lowest BCUT2D eigenvalue weighted by atomic mass is 10.1. The molecule has 0 aliphatic rings. The van der Waals surface area contributed by atoms with E-state index in [1.54, 1.807) is 0 Å². The zero-order chi connectivity index (χ0) is 20.1. The van der Waals surface area contributed by atoms with Gasteiger partial charge in [0, 0.05) is 35.0 Å². The smallest absolute Gasteiger partial charge is 0.200 e. The zero-order valence-corrected chi connectivity index (χ0v) is 16.9. The molecule has 1 aromatic heterocycles. The molecule has 4 nitrogen and oxygen atoms in total. The summed E-state index contributed by atoms with van der Waals surface area (Å²) in [6.07, 6.45) is 2.96. The Kier molecular flexibility index (Phi) is 5.61. The Morgan fingerprint density at radius 2 is 1.38 bits per heavy atom. The number of H-pyrrole nitrogens is 1. The van der Waals surface area contributed by atoms with Crippen LogP contribution in [0.15, 0.2) is 84.0 Å². The highest BCUT2D eigenvalue weighted by atomic mass is 15.2. The molecule has 3 aromatic carbocycles. The number of aryl methyl sites for hydroxylation is 2. The Morgan fingerprint density at radius 1 is 0.793 bits per heavy atom. The predicted octanol–water partition coefficient (Wildman–Crippen LogP) is 5.91. The summed E-state index contributed by atoms with van der Waals surface area (Å²) in [7, 11) is 0. The number of para-hydroxylation sites is 1. The van der Waals surface area contributed by atoms with E-state index >= 15 is 0 Å². The molecule has 3 N–H and O–H groups in total. The van der Waals surface area contributed by atoms with Gasteiger partial charge in [-0.15, -0.1) is 0 Å². The van der Waals surface area contributed by atoms with Gasteiger partial charge in [-0.05, 0) is 56.2 Å². The van der Waals surface area contributed by atoms with E-state index in [-0.39, 0.29) is 0 Å². The lowest BCUT2D eigenvalue weighted by Crippen LogP contribution is -2.22. The van der Waals surface area contributed by atoms with Crippen molar-refractivity contribution < 1.29 is 0 Å². The molecule has 4 heteroatoms. The second kappa shape index (κ2) is 8.65. The molecule has 0 saturated heterocycles. The van der Waals surface area contributed by atoms with E-state index in [4.69, 9.17) is 4.99 Å². The van der Waals surface area contributed by atoms with Crippen LogP contribution >= 0.6 is 0 Å². The summed E-state index contributed by atoms with van der Waals surface area (Å²) >= 11 is 0. The summed E-state index contributed by atoms with van der Waals surface area (Å²) < 4.78 is 0. The molecule has 1 heterocycles. The van der Waals surface area contributed by atoms with Crippen molar-refractivity contribution in [3.8, 4) is 0 Å². The van der Waals surface area contributed by atoms with E-state index in [1.165, 1.54) is 27.6 Å². The van der Waals surface area contributed by atoms with Crippen molar-refractivity contribution in [2.24, 2.45) is 4.99 Å². The van der Waals surface area contributed by atoms with Crippen molar-refractivity contribution >= 4 is 28.2 Å². The highest BCUT2D eigenvalue weighted by molar-refractivity contribution is 6.03. The van der Waals surface area contributed by atoms with Gasteiger partial charge in [-0.1, -0.05) is 53.6 Å². The standard InChI is InChI=1S/C25H26N4/c1-18-7-11-21(12-8-18)28-25(29-22-13-9-19(2)10-14-22)26-16-15-20-17-27-24-6-4-3-5-23(20)24/h3-14,17,27H,15-16H2,1-2H3,(H2,26,28,29). The number of benzene rings is 3. The minimum atomic E-state index is 0.689. The van der Waals surface area contributed by atoms with Crippen LogP contribution in [0.2, 0.25) is 0 Å². The summed E-state index contributed by atoms with van der Waals surface area (Å²) in [5.41, 5.74) is 6.96. The Morgan fingerprint density at radius 3 is 2.00 bits per heavy atom. The lowest BCUT2D eigenvalue weighted by Gasteiger charge is -2.13. The molecule has 0 spiro atoms. The molecule has 0 unspecified atom stereocenters. The van der Waals surface area contributed by atoms with Gasteiger partial charge in [-0.2, -0.15) is 0 Å². The van der Waals surface area contributed by atoms with E-state index in [2.05, 4.69) is 108 Å². The fraction of sp³-hybridized carbons (Fsp3) is 0.160. The third-order valence-corrected chi connectivity index (χ3v) is 4.95. The fourth-order valence-corrected chi connectivity index (χ4v) is 3.28. The molecular formula is C25H26N4.